The minimum atomic E-state index is 0.0116. The number of thioether (sulfide) groups is 1. The maximum atomic E-state index is 12.3. The predicted molar refractivity (Wildman–Crippen MR) is 112 cm³/mol. The van der Waals surface area contributed by atoms with Gasteiger partial charge in [-0.05, 0) is 35.7 Å². The summed E-state index contributed by atoms with van der Waals surface area (Å²) in [6.45, 7) is 9.23. The minimum absolute atomic E-state index is 0.0116. The van der Waals surface area contributed by atoms with E-state index in [9.17, 15) is 4.79 Å². The molecule has 1 aliphatic heterocycles. The zero-order chi connectivity index (χ0) is 18.6. The average molecular weight is 369 g/mol. The standard InChI is InChI=1S/C22H28N2OS/c1-22(2,3)26-15-13-23-21(25)19-10-8-17(9-11-19)16-24-14-12-18-6-4-5-7-20(18)24/h4-11H,12-16H2,1-3H3,(H,23,25). The molecule has 0 aromatic heterocycles. The van der Waals surface area contributed by atoms with Gasteiger partial charge in [-0.3, -0.25) is 4.79 Å². The molecule has 0 fully saturated rings. The predicted octanol–water partition coefficient (Wildman–Crippen LogP) is 4.51. The van der Waals surface area contributed by atoms with Crippen LogP contribution in [-0.2, 0) is 13.0 Å². The number of para-hydroxylation sites is 1. The summed E-state index contributed by atoms with van der Waals surface area (Å²) >= 11 is 1.87. The highest BCUT2D eigenvalue weighted by Crippen LogP contribution is 2.28. The lowest BCUT2D eigenvalue weighted by Gasteiger charge is -2.19. The molecule has 0 saturated carbocycles. The van der Waals surface area contributed by atoms with Crippen LogP contribution >= 0.6 is 11.8 Å². The Morgan fingerprint density at radius 3 is 2.58 bits per heavy atom. The van der Waals surface area contributed by atoms with Crippen molar-refractivity contribution in [3.63, 3.8) is 0 Å². The number of carbonyl (C=O) groups is 1. The lowest BCUT2D eigenvalue weighted by molar-refractivity contribution is 0.0956. The van der Waals surface area contributed by atoms with E-state index in [1.807, 2.05) is 23.9 Å². The Morgan fingerprint density at radius 1 is 1.12 bits per heavy atom. The molecule has 1 aliphatic rings. The molecule has 0 radical (unpaired) electrons. The van der Waals surface area contributed by atoms with Gasteiger partial charge in [-0.15, -0.1) is 0 Å². The van der Waals surface area contributed by atoms with Crippen LogP contribution in [0, 0.1) is 0 Å². The molecule has 0 unspecified atom stereocenters. The van der Waals surface area contributed by atoms with Crippen molar-refractivity contribution in [2.24, 2.45) is 0 Å². The Bertz CT molecular complexity index is 749. The molecule has 1 amide bonds. The Labute approximate surface area is 161 Å². The van der Waals surface area contributed by atoms with E-state index in [1.165, 1.54) is 16.8 Å². The van der Waals surface area contributed by atoms with E-state index < -0.39 is 0 Å². The Balaban J connectivity index is 1.52. The third-order valence-electron chi connectivity index (χ3n) is 4.50. The number of benzene rings is 2. The molecular formula is C22H28N2OS. The van der Waals surface area contributed by atoms with Crippen molar-refractivity contribution < 1.29 is 4.79 Å². The zero-order valence-corrected chi connectivity index (χ0v) is 16.7. The van der Waals surface area contributed by atoms with E-state index in [0.717, 1.165) is 30.8 Å². The largest absolute Gasteiger partial charge is 0.367 e. The topological polar surface area (TPSA) is 32.3 Å². The van der Waals surface area contributed by atoms with Crippen molar-refractivity contribution in [2.45, 2.75) is 38.5 Å². The van der Waals surface area contributed by atoms with E-state index >= 15 is 0 Å². The van der Waals surface area contributed by atoms with E-state index in [-0.39, 0.29) is 10.7 Å². The number of hydrogen-bond donors (Lipinski definition) is 1. The van der Waals surface area contributed by atoms with E-state index in [1.54, 1.807) is 0 Å². The van der Waals surface area contributed by atoms with Crippen molar-refractivity contribution in [1.82, 2.24) is 5.32 Å². The van der Waals surface area contributed by atoms with Crippen molar-refractivity contribution >= 4 is 23.4 Å². The van der Waals surface area contributed by atoms with Gasteiger partial charge in [0.1, 0.15) is 0 Å². The van der Waals surface area contributed by atoms with Gasteiger partial charge < -0.3 is 10.2 Å². The summed E-state index contributed by atoms with van der Waals surface area (Å²) in [5.74, 6) is 0.944. The van der Waals surface area contributed by atoms with Crippen LogP contribution in [0.4, 0.5) is 5.69 Å². The fraction of sp³-hybridized carbons (Fsp3) is 0.409. The van der Waals surface area contributed by atoms with Gasteiger partial charge in [-0.1, -0.05) is 51.1 Å². The second-order valence-corrected chi connectivity index (χ2v) is 9.64. The van der Waals surface area contributed by atoms with E-state index in [2.05, 4.69) is 67.4 Å². The molecule has 0 spiro atoms. The maximum Gasteiger partial charge on any atom is 0.251 e. The monoisotopic (exact) mass is 368 g/mol. The highest BCUT2D eigenvalue weighted by molar-refractivity contribution is 8.00. The smallest absolute Gasteiger partial charge is 0.251 e. The molecule has 26 heavy (non-hydrogen) atoms. The summed E-state index contributed by atoms with van der Waals surface area (Å²) in [6.07, 6.45) is 1.11. The normalized spacial score (nSPS) is 13.6. The van der Waals surface area contributed by atoms with Crippen LogP contribution in [0.25, 0.3) is 0 Å². The number of nitrogens with zero attached hydrogens (tertiary/aromatic N) is 1. The van der Waals surface area contributed by atoms with E-state index in [4.69, 9.17) is 0 Å². The SMILES string of the molecule is CC(C)(C)SCCNC(=O)c1ccc(CN2CCc3ccccc32)cc1. The Kier molecular flexibility index (Phi) is 5.92. The number of anilines is 1. The molecule has 138 valence electrons. The maximum absolute atomic E-state index is 12.3. The third kappa shape index (κ3) is 5.04. The average Bonchev–Trinajstić information content (AvgIpc) is 3.01. The highest BCUT2D eigenvalue weighted by Gasteiger charge is 2.18. The van der Waals surface area contributed by atoms with E-state index in [0.29, 0.717) is 6.54 Å². The number of carbonyl (C=O) groups excluding carboxylic acids is 1. The van der Waals surface area contributed by atoms with Crippen LogP contribution in [-0.4, -0.2) is 29.5 Å². The second-order valence-electron chi connectivity index (χ2n) is 7.71. The first-order valence-electron chi connectivity index (χ1n) is 9.26. The molecule has 1 heterocycles. The summed E-state index contributed by atoms with van der Waals surface area (Å²) in [6, 6.07) is 16.6. The van der Waals surface area contributed by atoms with Crippen LogP contribution in [0.15, 0.2) is 48.5 Å². The summed E-state index contributed by atoms with van der Waals surface area (Å²) < 4.78 is 0.237. The number of nitrogens with one attached hydrogen (secondary N) is 1. The first kappa shape index (κ1) is 18.8. The summed E-state index contributed by atoms with van der Waals surface area (Å²) in [4.78, 5) is 14.7. The van der Waals surface area contributed by atoms with Crippen LogP contribution in [0.3, 0.4) is 0 Å². The highest BCUT2D eigenvalue weighted by atomic mass is 32.2. The lowest BCUT2D eigenvalue weighted by atomic mass is 10.1. The number of amides is 1. The van der Waals surface area contributed by atoms with Crippen LogP contribution in [0.5, 0.6) is 0 Å². The number of hydrogen-bond acceptors (Lipinski definition) is 3. The van der Waals surface area contributed by atoms with Gasteiger partial charge in [0.25, 0.3) is 5.91 Å². The Hall–Kier alpha value is -1.94. The first-order valence-corrected chi connectivity index (χ1v) is 10.2. The van der Waals surface area contributed by atoms with Crippen LogP contribution in [0.2, 0.25) is 0 Å². The van der Waals surface area contributed by atoms with Crippen LogP contribution < -0.4 is 10.2 Å². The minimum Gasteiger partial charge on any atom is -0.367 e. The summed E-state index contributed by atoms with van der Waals surface area (Å²) in [5.41, 5.74) is 4.74. The molecular weight excluding hydrogens is 340 g/mol. The molecule has 0 saturated heterocycles. The van der Waals surface area contributed by atoms with Gasteiger partial charge in [-0.2, -0.15) is 11.8 Å². The molecule has 3 rings (SSSR count). The molecule has 1 N–H and O–H groups in total. The van der Waals surface area contributed by atoms with Crippen molar-refractivity contribution in [3.05, 3.63) is 65.2 Å². The molecule has 2 aromatic carbocycles. The van der Waals surface area contributed by atoms with Gasteiger partial charge >= 0.3 is 0 Å². The second kappa shape index (κ2) is 8.17. The molecule has 0 aliphatic carbocycles. The molecule has 4 heteroatoms. The lowest BCUT2D eigenvalue weighted by Crippen LogP contribution is -2.27. The quantitative estimate of drug-likeness (QED) is 0.762. The third-order valence-corrected chi connectivity index (χ3v) is 5.77. The van der Waals surface area contributed by atoms with Crippen molar-refractivity contribution in [2.75, 3.05) is 23.7 Å². The molecule has 0 atom stereocenters. The number of fused-ring (bicyclic) bond motifs is 1. The van der Waals surface area contributed by atoms with Gasteiger partial charge in [0.15, 0.2) is 0 Å². The van der Waals surface area contributed by atoms with Gasteiger partial charge in [-0.25, -0.2) is 0 Å². The zero-order valence-electron chi connectivity index (χ0n) is 15.9. The molecule has 0 bridgehead atoms. The first-order chi connectivity index (χ1) is 12.4. The fourth-order valence-electron chi connectivity index (χ4n) is 3.18. The number of rotatable bonds is 6. The van der Waals surface area contributed by atoms with Crippen LogP contribution in [0.1, 0.15) is 42.3 Å². The van der Waals surface area contributed by atoms with Gasteiger partial charge in [0.2, 0.25) is 0 Å². The summed E-state index contributed by atoms with van der Waals surface area (Å²) in [7, 11) is 0. The van der Waals surface area contributed by atoms with Gasteiger partial charge in [0.05, 0.1) is 0 Å². The Morgan fingerprint density at radius 2 is 1.85 bits per heavy atom. The fourth-order valence-corrected chi connectivity index (χ4v) is 3.99. The molecule has 2 aromatic rings. The van der Waals surface area contributed by atoms with Gasteiger partial charge in [0, 0.05) is 41.4 Å². The summed E-state index contributed by atoms with van der Waals surface area (Å²) in [5, 5.41) is 3.01. The van der Waals surface area contributed by atoms with Crippen molar-refractivity contribution in [3.8, 4) is 0 Å². The molecule has 3 nitrogen and oxygen atoms in total. The van der Waals surface area contributed by atoms with Crippen molar-refractivity contribution in [1.29, 1.82) is 0 Å².